The second kappa shape index (κ2) is 5.09. The molecule has 1 fully saturated rings. The van der Waals surface area contributed by atoms with E-state index in [1.54, 1.807) is 0 Å². The smallest absolute Gasteiger partial charge is 0.148 e. The van der Waals surface area contributed by atoms with E-state index >= 15 is 0 Å². The summed E-state index contributed by atoms with van der Waals surface area (Å²) in [6.45, 7) is 3.39. The number of ether oxygens (including phenoxy) is 1. The maximum absolute atomic E-state index is 10.9. The Bertz CT molecular complexity index is 257. The molecule has 1 aliphatic rings. The quantitative estimate of drug-likeness (QED) is 0.720. The van der Waals surface area contributed by atoms with Crippen LogP contribution in [0.2, 0.25) is 0 Å². The zero-order chi connectivity index (χ0) is 10.6. The molecule has 0 aromatic rings. The molecule has 0 aromatic carbocycles. The highest BCUT2D eigenvalue weighted by Gasteiger charge is 2.21. The fraction of sp³-hybridized carbons (Fsp3) is 1.00. The van der Waals surface area contributed by atoms with E-state index in [0.717, 1.165) is 19.4 Å². The van der Waals surface area contributed by atoms with Gasteiger partial charge in [-0.3, -0.25) is 0 Å². The lowest BCUT2D eigenvalue weighted by Gasteiger charge is -2.19. The summed E-state index contributed by atoms with van der Waals surface area (Å²) in [5.41, 5.74) is 0. The summed E-state index contributed by atoms with van der Waals surface area (Å²) in [7, 11) is -2.85. The van der Waals surface area contributed by atoms with Crippen LogP contribution in [0.1, 0.15) is 19.8 Å². The topological polar surface area (TPSA) is 55.4 Å². The van der Waals surface area contributed by atoms with Crippen LogP contribution in [-0.2, 0) is 14.6 Å². The van der Waals surface area contributed by atoms with Crippen molar-refractivity contribution in [1.82, 2.24) is 5.32 Å². The molecule has 0 radical (unpaired) electrons. The first-order valence-electron chi connectivity index (χ1n) is 5.02. The number of nitrogens with one attached hydrogen (secondary N) is 1. The third-order valence-electron chi connectivity index (χ3n) is 2.46. The van der Waals surface area contributed by atoms with Gasteiger partial charge in [0.05, 0.1) is 11.9 Å². The van der Waals surface area contributed by atoms with E-state index in [9.17, 15) is 8.42 Å². The Morgan fingerprint density at radius 1 is 1.57 bits per heavy atom. The maximum Gasteiger partial charge on any atom is 0.148 e. The Morgan fingerprint density at radius 3 is 2.79 bits per heavy atom. The largest absolute Gasteiger partial charge is 0.377 e. The zero-order valence-corrected chi connectivity index (χ0v) is 9.64. The molecule has 0 spiro atoms. The van der Waals surface area contributed by atoms with Crippen molar-refractivity contribution in [3.63, 3.8) is 0 Å². The van der Waals surface area contributed by atoms with Gasteiger partial charge in [0.25, 0.3) is 0 Å². The number of sulfone groups is 1. The molecule has 84 valence electrons. The van der Waals surface area contributed by atoms with Gasteiger partial charge in [-0.15, -0.1) is 0 Å². The molecule has 0 amide bonds. The van der Waals surface area contributed by atoms with Crippen molar-refractivity contribution in [2.45, 2.75) is 31.9 Å². The van der Waals surface area contributed by atoms with Gasteiger partial charge in [0.2, 0.25) is 0 Å². The predicted octanol–water partition coefficient (Wildman–Crippen LogP) is 0.188. The molecular formula is C9H19NO3S. The molecule has 1 N–H and O–H groups in total. The third-order valence-corrected chi connectivity index (χ3v) is 3.41. The van der Waals surface area contributed by atoms with E-state index in [0.29, 0.717) is 6.54 Å². The number of hydrogen-bond acceptors (Lipinski definition) is 4. The summed E-state index contributed by atoms with van der Waals surface area (Å²) >= 11 is 0. The summed E-state index contributed by atoms with van der Waals surface area (Å²) in [6.07, 6.45) is 3.70. The van der Waals surface area contributed by atoms with E-state index in [1.165, 1.54) is 6.26 Å². The van der Waals surface area contributed by atoms with Crippen molar-refractivity contribution in [2.24, 2.45) is 0 Å². The first-order valence-corrected chi connectivity index (χ1v) is 7.08. The van der Waals surface area contributed by atoms with E-state index < -0.39 is 9.84 Å². The Labute approximate surface area is 85.9 Å². The fourth-order valence-corrected chi connectivity index (χ4v) is 2.09. The average Bonchev–Trinajstić information content (AvgIpc) is 2.53. The van der Waals surface area contributed by atoms with Gasteiger partial charge in [-0.25, -0.2) is 8.42 Å². The summed E-state index contributed by atoms with van der Waals surface area (Å²) < 4.78 is 27.2. The van der Waals surface area contributed by atoms with E-state index in [2.05, 4.69) is 5.32 Å². The van der Waals surface area contributed by atoms with E-state index in [4.69, 9.17) is 4.74 Å². The molecule has 2 unspecified atom stereocenters. The Kier molecular flexibility index (Phi) is 4.34. The number of rotatable bonds is 5. The molecule has 2 atom stereocenters. The lowest BCUT2D eigenvalue weighted by molar-refractivity contribution is 0.0844. The van der Waals surface area contributed by atoms with Gasteiger partial charge in [-0.1, -0.05) is 0 Å². The second-order valence-corrected chi connectivity index (χ2v) is 6.18. The van der Waals surface area contributed by atoms with Gasteiger partial charge in [-0.05, 0) is 19.8 Å². The van der Waals surface area contributed by atoms with Crippen LogP contribution >= 0.6 is 0 Å². The maximum atomic E-state index is 10.9. The normalized spacial score (nSPS) is 25.1. The molecule has 1 heterocycles. The SMILES string of the molecule is CC(NCCS(C)(=O)=O)C1CCCO1. The molecule has 1 saturated heterocycles. The van der Waals surface area contributed by atoms with Gasteiger partial charge in [0.15, 0.2) is 0 Å². The molecule has 14 heavy (non-hydrogen) atoms. The van der Waals surface area contributed by atoms with Crippen molar-refractivity contribution in [3.05, 3.63) is 0 Å². The van der Waals surface area contributed by atoms with Crippen molar-refractivity contribution in [3.8, 4) is 0 Å². The molecule has 0 bridgehead atoms. The minimum atomic E-state index is -2.85. The van der Waals surface area contributed by atoms with Crippen molar-refractivity contribution in [2.75, 3.05) is 25.2 Å². The summed E-state index contributed by atoms with van der Waals surface area (Å²) in [4.78, 5) is 0. The first-order chi connectivity index (χ1) is 6.49. The van der Waals surface area contributed by atoms with Crippen LogP contribution in [0.3, 0.4) is 0 Å². The molecule has 0 saturated carbocycles. The monoisotopic (exact) mass is 221 g/mol. The van der Waals surface area contributed by atoms with Crippen LogP contribution in [-0.4, -0.2) is 45.7 Å². The molecule has 4 nitrogen and oxygen atoms in total. The minimum Gasteiger partial charge on any atom is -0.377 e. The summed E-state index contributed by atoms with van der Waals surface area (Å²) in [6, 6.07) is 0.249. The van der Waals surface area contributed by atoms with Gasteiger partial charge in [-0.2, -0.15) is 0 Å². The minimum absolute atomic E-state index is 0.198. The standard InChI is InChI=1S/C9H19NO3S/c1-8(9-4-3-6-13-9)10-5-7-14(2,11)12/h8-10H,3-7H2,1-2H3. The lowest BCUT2D eigenvalue weighted by Crippen LogP contribution is -2.39. The highest BCUT2D eigenvalue weighted by Crippen LogP contribution is 2.14. The Morgan fingerprint density at radius 2 is 2.29 bits per heavy atom. The van der Waals surface area contributed by atoms with Crippen LogP contribution in [0.15, 0.2) is 0 Å². The van der Waals surface area contributed by atoms with Crippen molar-refractivity contribution >= 4 is 9.84 Å². The predicted molar refractivity (Wildman–Crippen MR) is 56.1 cm³/mol. The van der Waals surface area contributed by atoms with E-state index in [-0.39, 0.29) is 17.9 Å². The highest BCUT2D eigenvalue weighted by atomic mass is 32.2. The van der Waals surface area contributed by atoms with Crippen LogP contribution < -0.4 is 5.32 Å². The fourth-order valence-electron chi connectivity index (χ4n) is 1.60. The molecule has 0 aromatic heterocycles. The van der Waals surface area contributed by atoms with Crippen LogP contribution in [0, 0.1) is 0 Å². The Balaban J connectivity index is 2.17. The molecule has 1 aliphatic heterocycles. The second-order valence-electron chi connectivity index (χ2n) is 3.92. The van der Waals surface area contributed by atoms with Crippen LogP contribution in [0.25, 0.3) is 0 Å². The first kappa shape index (κ1) is 11.9. The van der Waals surface area contributed by atoms with Crippen LogP contribution in [0.4, 0.5) is 0 Å². The molecule has 1 rings (SSSR count). The summed E-state index contributed by atoms with van der Waals surface area (Å²) in [5, 5.41) is 3.18. The van der Waals surface area contributed by atoms with Gasteiger partial charge < -0.3 is 10.1 Å². The third kappa shape index (κ3) is 4.39. The average molecular weight is 221 g/mol. The molecule has 0 aliphatic carbocycles. The van der Waals surface area contributed by atoms with Crippen LogP contribution in [0.5, 0.6) is 0 Å². The highest BCUT2D eigenvalue weighted by molar-refractivity contribution is 7.90. The van der Waals surface area contributed by atoms with Crippen molar-refractivity contribution < 1.29 is 13.2 Å². The van der Waals surface area contributed by atoms with Gasteiger partial charge in [0, 0.05) is 25.4 Å². The van der Waals surface area contributed by atoms with E-state index in [1.807, 2.05) is 6.92 Å². The van der Waals surface area contributed by atoms with Gasteiger partial charge >= 0.3 is 0 Å². The van der Waals surface area contributed by atoms with Crippen molar-refractivity contribution in [1.29, 1.82) is 0 Å². The number of hydrogen-bond donors (Lipinski definition) is 1. The zero-order valence-electron chi connectivity index (χ0n) is 8.82. The summed E-state index contributed by atoms with van der Waals surface area (Å²) in [5.74, 6) is 0.198. The molecule has 5 heteroatoms. The van der Waals surface area contributed by atoms with Gasteiger partial charge in [0.1, 0.15) is 9.84 Å². The lowest BCUT2D eigenvalue weighted by atomic mass is 10.1. The Hall–Kier alpha value is -0.130. The molecular weight excluding hydrogens is 202 g/mol.